The molecule has 0 aliphatic heterocycles. The van der Waals surface area contributed by atoms with E-state index in [1.807, 2.05) is 0 Å². The highest BCUT2D eigenvalue weighted by Crippen LogP contribution is 2.64. The SMILES string of the molecule is CC(O)OC(=O)C12CC3(O)CC(O)(CC(O)(C3)C1)C2. The molecule has 0 aromatic heterocycles. The largest absolute Gasteiger partial charge is 0.436 e. The number of rotatable bonds is 2. The summed E-state index contributed by atoms with van der Waals surface area (Å²) >= 11 is 0. The maximum atomic E-state index is 12.2. The van der Waals surface area contributed by atoms with Crippen LogP contribution in [0.3, 0.4) is 0 Å². The van der Waals surface area contributed by atoms with Crippen molar-refractivity contribution >= 4 is 5.97 Å². The first kappa shape index (κ1) is 13.3. The van der Waals surface area contributed by atoms with Gasteiger partial charge in [0.05, 0.1) is 22.2 Å². The molecule has 0 saturated heterocycles. The van der Waals surface area contributed by atoms with Crippen LogP contribution >= 0.6 is 0 Å². The van der Waals surface area contributed by atoms with Gasteiger partial charge in [-0.2, -0.15) is 0 Å². The first-order chi connectivity index (χ1) is 8.58. The van der Waals surface area contributed by atoms with Gasteiger partial charge in [-0.05, 0) is 26.2 Å². The first-order valence-electron chi connectivity index (χ1n) is 6.64. The molecule has 0 aromatic carbocycles. The van der Waals surface area contributed by atoms with E-state index in [0.29, 0.717) is 0 Å². The quantitative estimate of drug-likeness (QED) is 0.396. The third-order valence-corrected chi connectivity index (χ3v) is 4.69. The van der Waals surface area contributed by atoms with Crippen molar-refractivity contribution in [1.29, 1.82) is 0 Å². The Kier molecular flexibility index (Phi) is 2.44. The van der Waals surface area contributed by atoms with Crippen molar-refractivity contribution in [3.63, 3.8) is 0 Å². The van der Waals surface area contributed by atoms with Gasteiger partial charge in [-0.3, -0.25) is 4.79 Å². The van der Waals surface area contributed by atoms with Crippen molar-refractivity contribution in [2.45, 2.75) is 68.5 Å². The molecule has 4 aliphatic carbocycles. The van der Waals surface area contributed by atoms with E-state index in [2.05, 4.69) is 0 Å². The zero-order chi connectivity index (χ0) is 14.1. The van der Waals surface area contributed by atoms with Crippen LogP contribution in [0.2, 0.25) is 0 Å². The van der Waals surface area contributed by atoms with E-state index in [0.717, 1.165) is 0 Å². The monoisotopic (exact) mass is 272 g/mol. The molecule has 6 nitrogen and oxygen atoms in total. The van der Waals surface area contributed by atoms with E-state index in [4.69, 9.17) is 4.74 Å². The second-order valence-electron chi connectivity index (χ2n) is 7.02. The molecule has 0 aromatic rings. The minimum atomic E-state index is -1.24. The van der Waals surface area contributed by atoms with E-state index in [9.17, 15) is 25.2 Å². The molecule has 0 amide bonds. The number of aliphatic hydroxyl groups is 4. The third-order valence-electron chi connectivity index (χ3n) is 4.69. The summed E-state index contributed by atoms with van der Waals surface area (Å²) in [6.45, 7) is 1.33. The summed E-state index contributed by atoms with van der Waals surface area (Å²) in [5.41, 5.74) is -4.77. The predicted octanol–water partition coefficient (Wildman–Crippen LogP) is -0.571. The van der Waals surface area contributed by atoms with E-state index < -0.39 is 34.5 Å². The van der Waals surface area contributed by atoms with E-state index in [1.165, 1.54) is 6.92 Å². The lowest BCUT2D eigenvalue weighted by Crippen LogP contribution is -2.71. The molecular formula is C13H20O6. The molecular weight excluding hydrogens is 252 g/mol. The lowest BCUT2D eigenvalue weighted by Gasteiger charge is -2.64. The van der Waals surface area contributed by atoms with Crippen LogP contribution in [0.25, 0.3) is 0 Å². The van der Waals surface area contributed by atoms with Gasteiger partial charge in [0, 0.05) is 19.3 Å². The standard InChI is InChI=1S/C13H20O6/c1-8(14)19-9(15)10-2-11(16)5-12(17,3-10)7-13(18,4-10)6-11/h8,14,16-18H,2-7H2,1H3. The zero-order valence-electron chi connectivity index (χ0n) is 10.9. The van der Waals surface area contributed by atoms with Crippen LogP contribution in [-0.2, 0) is 9.53 Å². The molecule has 0 spiro atoms. The van der Waals surface area contributed by atoms with Crippen molar-refractivity contribution < 1.29 is 30.0 Å². The Morgan fingerprint density at radius 2 is 1.32 bits per heavy atom. The van der Waals surface area contributed by atoms with Crippen LogP contribution in [0.4, 0.5) is 0 Å². The van der Waals surface area contributed by atoms with Crippen molar-refractivity contribution in [2.75, 3.05) is 0 Å². The Balaban J connectivity index is 1.97. The normalized spacial score (nSPS) is 53.1. The summed E-state index contributed by atoms with van der Waals surface area (Å²) in [5.74, 6) is -0.642. The predicted molar refractivity (Wildman–Crippen MR) is 62.8 cm³/mol. The molecule has 4 saturated carbocycles. The Hall–Kier alpha value is -0.690. The van der Waals surface area contributed by atoms with Crippen LogP contribution in [0.1, 0.15) is 45.4 Å². The number of aliphatic hydroxyl groups excluding tert-OH is 1. The summed E-state index contributed by atoms with van der Waals surface area (Å²) in [7, 11) is 0. The fourth-order valence-electron chi connectivity index (χ4n) is 4.97. The summed E-state index contributed by atoms with van der Waals surface area (Å²) < 4.78 is 4.85. The van der Waals surface area contributed by atoms with Gasteiger partial charge in [0.2, 0.25) is 0 Å². The average molecular weight is 272 g/mol. The Labute approximate surface area is 111 Å². The lowest BCUT2D eigenvalue weighted by atomic mass is 9.44. The van der Waals surface area contributed by atoms with Crippen LogP contribution in [0.5, 0.6) is 0 Å². The first-order valence-corrected chi connectivity index (χ1v) is 6.64. The summed E-state index contributed by atoms with van der Waals surface area (Å²) in [4.78, 5) is 12.2. The van der Waals surface area contributed by atoms with Gasteiger partial charge in [0.25, 0.3) is 0 Å². The van der Waals surface area contributed by atoms with E-state index >= 15 is 0 Å². The van der Waals surface area contributed by atoms with Gasteiger partial charge in [-0.25, -0.2) is 0 Å². The lowest BCUT2D eigenvalue weighted by molar-refractivity contribution is -0.283. The summed E-state index contributed by atoms with van der Waals surface area (Å²) in [5, 5.41) is 40.7. The molecule has 4 N–H and O–H groups in total. The number of hydrogen-bond donors (Lipinski definition) is 4. The number of esters is 1. The molecule has 4 fully saturated rings. The molecule has 19 heavy (non-hydrogen) atoms. The molecule has 1 atom stereocenters. The van der Waals surface area contributed by atoms with Gasteiger partial charge >= 0.3 is 5.97 Å². The second-order valence-corrected chi connectivity index (χ2v) is 7.02. The van der Waals surface area contributed by atoms with E-state index in [1.54, 1.807) is 0 Å². The zero-order valence-corrected chi connectivity index (χ0v) is 10.9. The third kappa shape index (κ3) is 1.98. The molecule has 4 aliphatic rings. The molecule has 0 radical (unpaired) electrons. The van der Waals surface area contributed by atoms with Crippen molar-refractivity contribution in [1.82, 2.24) is 0 Å². The highest BCUT2D eigenvalue weighted by molar-refractivity contribution is 5.78. The number of carbonyl (C=O) groups is 1. The van der Waals surface area contributed by atoms with Gasteiger partial charge in [0.15, 0.2) is 6.29 Å². The fraction of sp³-hybridized carbons (Fsp3) is 0.923. The minimum absolute atomic E-state index is 0.177. The van der Waals surface area contributed by atoms with Crippen molar-refractivity contribution in [2.24, 2.45) is 5.41 Å². The maximum Gasteiger partial charge on any atom is 0.314 e. The molecule has 4 bridgehead atoms. The number of carbonyl (C=O) groups excluding carboxylic acids is 1. The Bertz CT molecular complexity index is 377. The summed E-state index contributed by atoms with van der Waals surface area (Å²) in [6.07, 6.45) is -0.147. The van der Waals surface area contributed by atoms with Crippen molar-refractivity contribution in [3.8, 4) is 0 Å². The van der Waals surface area contributed by atoms with Gasteiger partial charge in [-0.15, -0.1) is 0 Å². The minimum Gasteiger partial charge on any atom is -0.436 e. The Morgan fingerprint density at radius 3 is 1.63 bits per heavy atom. The topological polar surface area (TPSA) is 107 Å². The van der Waals surface area contributed by atoms with Crippen LogP contribution in [-0.4, -0.2) is 49.5 Å². The molecule has 4 rings (SSSR count). The van der Waals surface area contributed by atoms with Gasteiger partial charge in [0.1, 0.15) is 0 Å². The maximum absolute atomic E-state index is 12.2. The highest BCUT2D eigenvalue weighted by atomic mass is 16.6. The van der Waals surface area contributed by atoms with Crippen LogP contribution in [0, 0.1) is 5.41 Å². The second kappa shape index (κ2) is 3.49. The molecule has 1 unspecified atom stereocenters. The fourth-order valence-corrected chi connectivity index (χ4v) is 4.97. The average Bonchev–Trinajstić information content (AvgIpc) is 2.07. The Morgan fingerprint density at radius 1 is 0.947 bits per heavy atom. The molecule has 0 heterocycles. The van der Waals surface area contributed by atoms with Crippen LogP contribution in [0.15, 0.2) is 0 Å². The number of ether oxygens (including phenoxy) is 1. The van der Waals surface area contributed by atoms with Crippen LogP contribution < -0.4 is 0 Å². The molecule has 108 valence electrons. The summed E-state index contributed by atoms with van der Waals surface area (Å²) in [6, 6.07) is 0. The molecule has 6 heteroatoms. The highest BCUT2D eigenvalue weighted by Gasteiger charge is 2.70. The smallest absolute Gasteiger partial charge is 0.314 e. The van der Waals surface area contributed by atoms with Crippen molar-refractivity contribution in [3.05, 3.63) is 0 Å². The van der Waals surface area contributed by atoms with E-state index in [-0.39, 0.29) is 38.5 Å². The number of hydrogen-bond acceptors (Lipinski definition) is 6. The van der Waals surface area contributed by atoms with Gasteiger partial charge < -0.3 is 25.2 Å². The van der Waals surface area contributed by atoms with Gasteiger partial charge in [-0.1, -0.05) is 0 Å².